The number of hydrogen-bond donors (Lipinski definition) is 0. The quantitative estimate of drug-likeness (QED) is 0.357. The maximum Gasteiger partial charge on any atom is 0.164 e. The highest BCUT2D eigenvalue weighted by molar-refractivity contribution is 7.00. The Balaban J connectivity index is 0.000000197. The summed E-state index contributed by atoms with van der Waals surface area (Å²) in [4.78, 5) is 0. The van der Waals surface area contributed by atoms with Crippen molar-refractivity contribution in [2.75, 3.05) is 74.5 Å². The van der Waals surface area contributed by atoms with Crippen LogP contribution in [0.25, 0.3) is 0 Å². The molecule has 0 amide bonds. The predicted molar refractivity (Wildman–Crippen MR) is 136 cm³/mol. The largest absolute Gasteiger partial charge is 0.318 e. The monoisotopic (exact) mass is 466 g/mol. The van der Waals surface area contributed by atoms with Crippen LogP contribution in [0.5, 0.6) is 0 Å². The minimum Gasteiger partial charge on any atom is -0.318 e. The number of nitrogens with zero attached hydrogens (tertiary/aromatic N) is 6. The maximum absolute atomic E-state index is 2.71. The molecule has 3 saturated heterocycles. The zero-order chi connectivity index (χ0) is 20.0. The van der Waals surface area contributed by atoms with Gasteiger partial charge in [0.1, 0.15) is 0 Å². The average Bonchev–Trinajstić information content (AvgIpc) is 3.19. The van der Waals surface area contributed by atoms with Gasteiger partial charge in [0.15, 0.2) is 25.9 Å². The van der Waals surface area contributed by atoms with E-state index in [-0.39, 0.29) is 0 Å². The standard InChI is InChI=1S/C6H18N2Si2.2C4H14N2Si2/c1-6(2)8-5-4-7(3)10(8)9;2*1-5-3-4-6(2)8(5)7/h6,10H,4-5H2,1-3,9H3;2*8H,3-4H2,1-2,7H3. The molecule has 0 radical (unpaired) electrons. The second-order valence-electron chi connectivity index (χ2n) is 8.63. The highest BCUT2D eigenvalue weighted by Crippen LogP contribution is 2.09. The molecule has 156 valence electrons. The van der Waals surface area contributed by atoms with Crippen LogP contribution >= 0.6 is 0 Å². The highest BCUT2D eigenvalue weighted by Gasteiger charge is 2.28. The molecule has 0 bridgehead atoms. The molecule has 0 aliphatic carbocycles. The first-order chi connectivity index (χ1) is 12.1. The third-order valence-electron chi connectivity index (χ3n) is 6.65. The van der Waals surface area contributed by atoms with E-state index in [0.717, 1.165) is 6.04 Å². The van der Waals surface area contributed by atoms with Crippen molar-refractivity contribution in [3.05, 3.63) is 0 Å². The number of hydrogen-bond acceptors (Lipinski definition) is 6. The summed E-state index contributed by atoms with van der Waals surface area (Å²) in [6, 6.07) is 0.791. The van der Waals surface area contributed by atoms with Crippen LogP contribution in [0.3, 0.4) is 0 Å². The third kappa shape index (κ3) is 7.47. The SMILES string of the molecule is CC(C)N1CCN(C)[SiH]1[SiH3].CN1CCN(C)[SiH]1[SiH3].CN1CCN(C)[SiH]1[SiH3]. The first-order valence-electron chi connectivity index (χ1n) is 10.3. The number of rotatable bonds is 1. The average molecular weight is 467 g/mol. The van der Waals surface area contributed by atoms with Crippen molar-refractivity contribution in [3.63, 3.8) is 0 Å². The van der Waals surface area contributed by atoms with Gasteiger partial charge in [0.2, 0.25) is 0 Å². The van der Waals surface area contributed by atoms with Crippen molar-refractivity contribution >= 4 is 55.2 Å². The smallest absolute Gasteiger partial charge is 0.164 e. The van der Waals surface area contributed by atoms with Crippen molar-refractivity contribution in [1.82, 2.24) is 27.4 Å². The van der Waals surface area contributed by atoms with Crippen LogP contribution < -0.4 is 0 Å². The molecule has 0 saturated carbocycles. The molecular formula is C14H46N6Si6. The van der Waals surface area contributed by atoms with Crippen molar-refractivity contribution in [2.45, 2.75) is 19.9 Å². The molecule has 0 spiro atoms. The fourth-order valence-corrected chi connectivity index (χ4v) is 15.7. The Labute approximate surface area is 176 Å². The van der Waals surface area contributed by atoms with E-state index in [9.17, 15) is 0 Å². The molecule has 3 aliphatic heterocycles. The molecule has 3 rings (SSSR count). The first kappa shape index (κ1) is 25.1. The van der Waals surface area contributed by atoms with Crippen molar-refractivity contribution in [1.29, 1.82) is 0 Å². The molecule has 1 unspecified atom stereocenters. The van der Waals surface area contributed by atoms with Gasteiger partial charge in [0.25, 0.3) is 0 Å². The normalized spacial score (nSPS) is 28.8. The molecule has 12 heteroatoms. The van der Waals surface area contributed by atoms with Gasteiger partial charge in [-0.15, -0.1) is 0 Å². The lowest BCUT2D eigenvalue weighted by atomic mass is 10.4. The van der Waals surface area contributed by atoms with Crippen molar-refractivity contribution in [2.24, 2.45) is 0 Å². The Kier molecular flexibility index (Phi) is 11.5. The van der Waals surface area contributed by atoms with Gasteiger partial charge in [0.05, 0.1) is 0 Å². The molecule has 3 fully saturated rings. The van der Waals surface area contributed by atoms with Gasteiger partial charge < -0.3 is 27.4 Å². The Morgan fingerprint density at radius 2 is 0.808 bits per heavy atom. The van der Waals surface area contributed by atoms with E-state index in [4.69, 9.17) is 0 Å². The van der Waals surface area contributed by atoms with E-state index in [1.54, 1.807) is 0 Å². The molecular weight excluding hydrogens is 421 g/mol. The fraction of sp³-hybridized carbons (Fsp3) is 1.00. The first-order valence-corrected chi connectivity index (χ1v) is 27.3. The zero-order valence-electron chi connectivity index (χ0n) is 19.2. The predicted octanol–water partition coefficient (Wildman–Crippen LogP) is -5.38. The van der Waals surface area contributed by atoms with Crippen LogP contribution in [0.4, 0.5) is 0 Å². The van der Waals surface area contributed by atoms with Gasteiger partial charge in [-0.1, -0.05) is 13.8 Å². The molecule has 6 nitrogen and oxygen atoms in total. The summed E-state index contributed by atoms with van der Waals surface area (Å²) in [7, 11) is 14.2. The zero-order valence-corrected chi connectivity index (χ0v) is 28.7. The molecule has 26 heavy (non-hydrogen) atoms. The highest BCUT2D eigenvalue weighted by atomic mass is 29.2. The summed E-state index contributed by atoms with van der Waals surface area (Å²) in [6.07, 6.45) is 0. The van der Waals surface area contributed by atoms with Crippen LogP contribution in [-0.4, -0.2) is 163 Å². The Morgan fingerprint density at radius 3 is 0.923 bits per heavy atom. The summed E-state index contributed by atoms with van der Waals surface area (Å²) in [5.74, 6) is 0. The van der Waals surface area contributed by atoms with Gasteiger partial charge in [-0.25, -0.2) is 0 Å². The molecule has 1 atom stereocenters. The Hall–Kier alpha value is 1.06. The molecule has 0 aromatic rings. The lowest BCUT2D eigenvalue weighted by molar-refractivity contribution is 0.401. The van der Waals surface area contributed by atoms with Crippen molar-refractivity contribution in [3.8, 4) is 0 Å². The summed E-state index contributed by atoms with van der Waals surface area (Å²) in [5.41, 5.74) is 0. The van der Waals surface area contributed by atoms with Crippen LogP contribution in [0.1, 0.15) is 13.8 Å². The summed E-state index contributed by atoms with van der Waals surface area (Å²) >= 11 is 0. The second kappa shape index (κ2) is 11.9. The molecule has 3 heterocycles. The van der Waals surface area contributed by atoms with Crippen molar-refractivity contribution < 1.29 is 0 Å². The van der Waals surface area contributed by atoms with Gasteiger partial charge in [0, 0.05) is 68.5 Å². The second-order valence-corrected chi connectivity index (χ2v) is 26.8. The lowest BCUT2D eigenvalue weighted by Gasteiger charge is -2.26. The third-order valence-corrected chi connectivity index (χ3v) is 31.4. The topological polar surface area (TPSA) is 19.4 Å². The minimum atomic E-state index is -0.511. The summed E-state index contributed by atoms with van der Waals surface area (Å²) < 4.78 is 15.5. The maximum atomic E-state index is 2.71. The summed E-state index contributed by atoms with van der Waals surface area (Å²) in [6.45, 7) is 12.5. The van der Waals surface area contributed by atoms with Crippen LogP contribution in [0, 0.1) is 0 Å². The lowest BCUT2D eigenvalue weighted by Crippen LogP contribution is -2.46. The molecule has 0 N–H and O–H groups in total. The van der Waals surface area contributed by atoms with Crippen LogP contribution in [0.15, 0.2) is 0 Å². The fourth-order valence-electron chi connectivity index (χ4n) is 3.64. The van der Waals surface area contributed by atoms with Gasteiger partial charge >= 0.3 is 0 Å². The number of likely N-dealkylation sites (N-methyl/N-ethyl adjacent to an activating group) is 5. The van der Waals surface area contributed by atoms with Crippen LogP contribution in [-0.2, 0) is 0 Å². The Morgan fingerprint density at radius 1 is 0.538 bits per heavy atom. The van der Waals surface area contributed by atoms with E-state index in [1.807, 2.05) is 0 Å². The van der Waals surface area contributed by atoms with E-state index in [0.29, 0.717) is 0 Å². The van der Waals surface area contributed by atoms with E-state index >= 15 is 0 Å². The van der Waals surface area contributed by atoms with Crippen LogP contribution in [0.2, 0.25) is 0 Å². The van der Waals surface area contributed by atoms with Gasteiger partial charge in [-0.2, -0.15) is 0 Å². The minimum absolute atomic E-state index is 0.432. The molecule has 3 aliphatic rings. The van der Waals surface area contributed by atoms with E-state index in [1.165, 1.54) is 68.5 Å². The van der Waals surface area contributed by atoms with E-state index < -0.39 is 25.9 Å². The van der Waals surface area contributed by atoms with Gasteiger partial charge in [-0.3, -0.25) is 0 Å². The van der Waals surface area contributed by atoms with E-state index in [2.05, 4.69) is 76.5 Å². The Bertz CT molecular complexity index is 366. The van der Waals surface area contributed by atoms with Gasteiger partial charge in [-0.05, 0) is 41.3 Å². The molecule has 0 aromatic heterocycles. The summed E-state index contributed by atoms with van der Waals surface area (Å²) in [5, 5.41) is 0. The molecule has 0 aromatic carbocycles.